The van der Waals surface area contributed by atoms with Gasteiger partial charge >= 0.3 is 0 Å². The number of aromatic nitrogens is 4. The van der Waals surface area contributed by atoms with Gasteiger partial charge in [-0.25, -0.2) is 19.9 Å². The number of fused-ring (bicyclic) bond motifs is 1. The summed E-state index contributed by atoms with van der Waals surface area (Å²) >= 11 is 0. The Labute approximate surface area is 160 Å². The van der Waals surface area contributed by atoms with Gasteiger partial charge in [-0.05, 0) is 44.1 Å². The van der Waals surface area contributed by atoms with Crippen LogP contribution in [0.2, 0.25) is 0 Å². The Kier molecular flexibility index (Phi) is 4.72. The molecule has 7 nitrogen and oxygen atoms in total. The van der Waals surface area contributed by atoms with Gasteiger partial charge in [0.2, 0.25) is 5.95 Å². The number of aliphatic hydroxyl groups excluding tert-OH is 1. The van der Waals surface area contributed by atoms with Gasteiger partial charge in [-0.1, -0.05) is 13.8 Å². The highest BCUT2D eigenvalue weighted by molar-refractivity contribution is 5.42. The van der Waals surface area contributed by atoms with Gasteiger partial charge in [0, 0.05) is 31.0 Å². The highest BCUT2D eigenvalue weighted by Gasteiger charge is 2.34. The molecule has 0 spiro atoms. The van der Waals surface area contributed by atoms with Crippen LogP contribution in [-0.4, -0.2) is 44.2 Å². The molecular formula is C20H28N6O. The molecule has 2 aromatic rings. The molecule has 7 heteroatoms. The molecule has 0 saturated carbocycles. The lowest BCUT2D eigenvalue weighted by molar-refractivity contribution is 0.145. The van der Waals surface area contributed by atoms with Crippen molar-refractivity contribution in [3.8, 4) is 0 Å². The van der Waals surface area contributed by atoms with E-state index in [4.69, 9.17) is 4.98 Å². The van der Waals surface area contributed by atoms with Crippen LogP contribution in [0.3, 0.4) is 0 Å². The highest BCUT2D eigenvalue weighted by Crippen LogP contribution is 2.41. The lowest BCUT2D eigenvalue weighted by Gasteiger charge is -2.37. The van der Waals surface area contributed by atoms with Crippen molar-refractivity contribution in [3.63, 3.8) is 0 Å². The van der Waals surface area contributed by atoms with Crippen molar-refractivity contribution in [1.82, 2.24) is 19.9 Å². The minimum absolute atomic E-state index is 0.135. The van der Waals surface area contributed by atoms with Crippen LogP contribution >= 0.6 is 0 Å². The molecule has 0 unspecified atom stereocenters. The largest absolute Gasteiger partial charge is 0.393 e. The zero-order valence-corrected chi connectivity index (χ0v) is 16.3. The summed E-state index contributed by atoms with van der Waals surface area (Å²) in [4.78, 5) is 20.4. The van der Waals surface area contributed by atoms with Gasteiger partial charge in [-0.15, -0.1) is 0 Å². The molecule has 1 saturated heterocycles. The van der Waals surface area contributed by atoms with Crippen molar-refractivity contribution in [2.75, 3.05) is 23.3 Å². The predicted molar refractivity (Wildman–Crippen MR) is 105 cm³/mol. The van der Waals surface area contributed by atoms with Crippen LogP contribution < -0.4 is 10.2 Å². The second-order valence-electron chi connectivity index (χ2n) is 8.52. The first-order valence-corrected chi connectivity index (χ1v) is 9.75. The van der Waals surface area contributed by atoms with Crippen molar-refractivity contribution in [3.05, 3.63) is 35.5 Å². The molecule has 27 heavy (non-hydrogen) atoms. The number of anilines is 2. The van der Waals surface area contributed by atoms with Crippen LogP contribution in [0, 0.1) is 12.3 Å². The zero-order valence-electron chi connectivity index (χ0n) is 16.3. The lowest BCUT2D eigenvalue weighted by atomic mass is 9.74. The van der Waals surface area contributed by atoms with Crippen LogP contribution in [0.5, 0.6) is 0 Å². The SMILES string of the molecule is Cc1nccc(N[C@@H]2CC(C)(C)Cc3nc(N4CCC(O)CC4)ncc32)n1. The molecule has 0 radical (unpaired) electrons. The van der Waals surface area contributed by atoms with Crippen molar-refractivity contribution >= 4 is 11.8 Å². The van der Waals surface area contributed by atoms with E-state index in [-0.39, 0.29) is 17.6 Å². The van der Waals surface area contributed by atoms with E-state index >= 15 is 0 Å². The average Bonchev–Trinajstić information content (AvgIpc) is 2.61. The second-order valence-corrected chi connectivity index (χ2v) is 8.52. The Hall–Kier alpha value is -2.28. The Bertz CT molecular complexity index is 816. The standard InChI is InChI=1S/C20H28N6O/c1-13-21-7-4-18(23-13)24-16-10-20(2,3)11-17-15(16)12-22-19(25-17)26-8-5-14(27)6-9-26/h4,7,12,14,16,27H,5-6,8-11H2,1-3H3,(H,21,23,24)/t16-/m1/s1. The maximum Gasteiger partial charge on any atom is 0.225 e. The summed E-state index contributed by atoms with van der Waals surface area (Å²) in [5.41, 5.74) is 2.42. The van der Waals surface area contributed by atoms with Crippen LogP contribution in [0.4, 0.5) is 11.8 Å². The first kappa shape index (κ1) is 18.1. The Balaban J connectivity index is 1.61. The molecule has 2 aliphatic rings. The van der Waals surface area contributed by atoms with Crippen molar-refractivity contribution in [2.45, 2.75) is 58.6 Å². The summed E-state index contributed by atoms with van der Waals surface area (Å²) in [6.07, 6.45) is 7.07. The maximum atomic E-state index is 9.74. The van der Waals surface area contributed by atoms with Gasteiger partial charge in [0.05, 0.1) is 17.8 Å². The highest BCUT2D eigenvalue weighted by atomic mass is 16.3. The minimum Gasteiger partial charge on any atom is -0.393 e. The van der Waals surface area contributed by atoms with Gasteiger partial charge in [-0.2, -0.15) is 0 Å². The third-order valence-electron chi connectivity index (χ3n) is 5.51. The number of aryl methyl sites for hydroxylation is 1. The third kappa shape index (κ3) is 4.03. The van der Waals surface area contributed by atoms with E-state index in [9.17, 15) is 5.11 Å². The molecule has 1 aliphatic heterocycles. The molecule has 1 aliphatic carbocycles. The fourth-order valence-corrected chi connectivity index (χ4v) is 4.10. The van der Waals surface area contributed by atoms with E-state index < -0.39 is 0 Å². The van der Waals surface area contributed by atoms with Crippen LogP contribution in [-0.2, 0) is 6.42 Å². The number of nitrogens with zero attached hydrogens (tertiary/aromatic N) is 5. The molecule has 0 aromatic carbocycles. The molecule has 0 amide bonds. The second kappa shape index (κ2) is 7.03. The fraction of sp³-hybridized carbons (Fsp3) is 0.600. The van der Waals surface area contributed by atoms with E-state index in [0.29, 0.717) is 0 Å². The van der Waals surface area contributed by atoms with E-state index in [2.05, 4.69) is 39.0 Å². The molecule has 1 fully saturated rings. The van der Waals surface area contributed by atoms with E-state index in [1.807, 2.05) is 19.2 Å². The summed E-state index contributed by atoms with van der Waals surface area (Å²) in [7, 11) is 0. The normalized spacial score (nSPS) is 22.4. The Morgan fingerprint density at radius 3 is 2.70 bits per heavy atom. The molecule has 2 aromatic heterocycles. The minimum atomic E-state index is -0.192. The monoisotopic (exact) mass is 368 g/mol. The number of nitrogens with one attached hydrogen (secondary N) is 1. The van der Waals surface area contributed by atoms with Gasteiger partial charge in [0.1, 0.15) is 11.6 Å². The third-order valence-corrected chi connectivity index (χ3v) is 5.51. The molecule has 3 heterocycles. The maximum absolute atomic E-state index is 9.74. The first-order chi connectivity index (χ1) is 12.9. The predicted octanol–water partition coefficient (Wildman–Crippen LogP) is 2.66. The number of aliphatic hydroxyl groups is 1. The van der Waals surface area contributed by atoms with Crippen LogP contribution in [0.1, 0.15) is 56.2 Å². The Morgan fingerprint density at radius 1 is 1.19 bits per heavy atom. The molecule has 1 atom stereocenters. The van der Waals surface area contributed by atoms with Gasteiger partial charge in [0.25, 0.3) is 0 Å². The summed E-state index contributed by atoms with van der Waals surface area (Å²) < 4.78 is 0. The molecule has 0 bridgehead atoms. The van der Waals surface area contributed by atoms with Crippen molar-refractivity contribution < 1.29 is 5.11 Å². The smallest absolute Gasteiger partial charge is 0.225 e. The average molecular weight is 368 g/mol. The number of rotatable bonds is 3. The molecule has 2 N–H and O–H groups in total. The number of hydrogen-bond acceptors (Lipinski definition) is 7. The first-order valence-electron chi connectivity index (χ1n) is 9.75. The van der Waals surface area contributed by atoms with E-state index in [1.54, 1.807) is 6.20 Å². The summed E-state index contributed by atoms with van der Waals surface area (Å²) in [6.45, 7) is 8.09. The van der Waals surface area contributed by atoms with Gasteiger partial charge in [-0.3, -0.25) is 0 Å². The van der Waals surface area contributed by atoms with Gasteiger partial charge < -0.3 is 15.3 Å². The molecule has 4 rings (SSSR count). The zero-order chi connectivity index (χ0) is 19.0. The van der Waals surface area contributed by atoms with Crippen molar-refractivity contribution in [1.29, 1.82) is 0 Å². The lowest BCUT2D eigenvalue weighted by Crippen LogP contribution is -2.38. The fourth-order valence-electron chi connectivity index (χ4n) is 4.10. The van der Waals surface area contributed by atoms with Gasteiger partial charge in [0.15, 0.2) is 0 Å². The van der Waals surface area contributed by atoms with Crippen LogP contribution in [0.25, 0.3) is 0 Å². The molecule has 144 valence electrons. The summed E-state index contributed by atoms with van der Waals surface area (Å²) in [5.74, 6) is 2.38. The Morgan fingerprint density at radius 2 is 1.96 bits per heavy atom. The summed E-state index contributed by atoms with van der Waals surface area (Å²) in [5, 5.41) is 13.3. The molecular weight excluding hydrogens is 340 g/mol. The quantitative estimate of drug-likeness (QED) is 0.861. The number of piperidine rings is 1. The number of hydrogen-bond donors (Lipinski definition) is 2. The van der Waals surface area contributed by atoms with E-state index in [0.717, 1.165) is 67.6 Å². The van der Waals surface area contributed by atoms with Crippen LogP contribution in [0.15, 0.2) is 18.5 Å². The van der Waals surface area contributed by atoms with Crippen molar-refractivity contribution in [2.24, 2.45) is 5.41 Å². The summed E-state index contributed by atoms with van der Waals surface area (Å²) in [6, 6.07) is 2.04. The topological polar surface area (TPSA) is 87.1 Å². The van der Waals surface area contributed by atoms with E-state index in [1.165, 1.54) is 0 Å².